The quantitative estimate of drug-likeness (QED) is 0.0320. The summed E-state index contributed by atoms with van der Waals surface area (Å²) in [5.41, 5.74) is 0. The minimum absolute atomic E-state index is 0.00588. The Labute approximate surface area is 537 Å². The molecule has 2 unspecified atom stereocenters. The van der Waals surface area contributed by atoms with Crippen LogP contribution in [0.15, 0.2) is 48.6 Å². The molecule has 0 bridgehead atoms. The van der Waals surface area contributed by atoms with E-state index in [1.165, 1.54) is 334 Å². The van der Waals surface area contributed by atoms with Gasteiger partial charge in [-0.25, -0.2) is 0 Å². The van der Waals surface area contributed by atoms with Crippen LogP contribution in [-0.4, -0.2) is 47.4 Å². The van der Waals surface area contributed by atoms with Gasteiger partial charge < -0.3 is 20.3 Å². The van der Waals surface area contributed by atoms with Crippen molar-refractivity contribution >= 4 is 11.9 Å². The van der Waals surface area contributed by atoms with Crippen LogP contribution in [0.4, 0.5) is 0 Å². The zero-order chi connectivity index (χ0) is 62.0. The van der Waals surface area contributed by atoms with E-state index in [9.17, 15) is 19.8 Å². The zero-order valence-electron chi connectivity index (χ0n) is 58.1. The van der Waals surface area contributed by atoms with Crippen LogP contribution < -0.4 is 5.32 Å². The summed E-state index contributed by atoms with van der Waals surface area (Å²) >= 11 is 0. The number of carbonyl (C=O) groups excluding carboxylic acids is 2. The summed E-state index contributed by atoms with van der Waals surface area (Å²) in [4.78, 5) is 24.7. The Kier molecular flexibility index (Phi) is 73.4. The van der Waals surface area contributed by atoms with Crippen molar-refractivity contribution in [3.63, 3.8) is 0 Å². The van der Waals surface area contributed by atoms with Gasteiger partial charge >= 0.3 is 5.97 Å². The van der Waals surface area contributed by atoms with Gasteiger partial charge in [-0.3, -0.25) is 9.59 Å². The molecule has 3 N–H and O–H groups in total. The molecule has 0 spiro atoms. The molecule has 0 fully saturated rings. The Morgan fingerprint density at radius 2 is 0.581 bits per heavy atom. The zero-order valence-corrected chi connectivity index (χ0v) is 58.1. The molecular formula is C80H151NO5. The largest absolute Gasteiger partial charge is 0.466 e. The molecule has 0 aromatic heterocycles. The van der Waals surface area contributed by atoms with E-state index in [1.54, 1.807) is 0 Å². The van der Waals surface area contributed by atoms with Crippen LogP contribution in [0.5, 0.6) is 0 Å². The van der Waals surface area contributed by atoms with E-state index in [-0.39, 0.29) is 18.5 Å². The molecule has 0 aliphatic carbocycles. The lowest BCUT2D eigenvalue weighted by atomic mass is 10.0. The number of rotatable bonds is 73. The second-order valence-corrected chi connectivity index (χ2v) is 26.7. The summed E-state index contributed by atoms with van der Waals surface area (Å²) in [6.07, 6.45) is 99.0. The first kappa shape index (κ1) is 83.8. The van der Waals surface area contributed by atoms with Crippen LogP contribution in [-0.2, 0) is 14.3 Å². The highest BCUT2D eigenvalue weighted by Gasteiger charge is 2.20. The molecule has 1 amide bonds. The van der Waals surface area contributed by atoms with Crippen molar-refractivity contribution in [1.82, 2.24) is 5.32 Å². The number of allylic oxidation sites excluding steroid dienone is 8. The maximum Gasteiger partial charge on any atom is 0.305 e. The maximum atomic E-state index is 12.6. The number of ether oxygens (including phenoxy) is 1. The Morgan fingerprint density at radius 3 is 0.907 bits per heavy atom. The SMILES string of the molecule is CCCCC/C=C\C/C=C\CCCCCCCCCC(=O)OCCCCCCCCCCC/C=C\C/C=C\CCCCCCCCCCCCCCCCCC(=O)NC(CO)C(O)CCCCCCCCCCCCCCCCCCCCCCC. The van der Waals surface area contributed by atoms with Gasteiger partial charge in [-0.05, 0) is 89.9 Å². The summed E-state index contributed by atoms with van der Waals surface area (Å²) in [6, 6.07) is -0.543. The van der Waals surface area contributed by atoms with Crippen molar-refractivity contribution in [3.8, 4) is 0 Å². The minimum Gasteiger partial charge on any atom is -0.466 e. The first-order valence-electron chi connectivity index (χ1n) is 38.9. The molecule has 6 nitrogen and oxygen atoms in total. The topological polar surface area (TPSA) is 95.9 Å². The molecule has 0 radical (unpaired) electrons. The van der Waals surface area contributed by atoms with Gasteiger partial charge in [0.05, 0.1) is 25.4 Å². The van der Waals surface area contributed by atoms with Gasteiger partial charge in [-0.2, -0.15) is 0 Å². The van der Waals surface area contributed by atoms with Crippen LogP contribution >= 0.6 is 0 Å². The Morgan fingerprint density at radius 1 is 0.326 bits per heavy atom. The summed E-state index contributed by atoms with van der Waals surface area (Å²) in [6.45, 7) is 4.96. The van der Waals surface area contributed by atoms with E-state index in [4.69, 9.17) is 4.74 Å². The molecule has 0 rings (SSSR count). The predicted molar refractivity (Wildman–Crippen MR) is 379 cm³/mol. The summed E-state index contributed by atoms with van der Waals surface area (Å²) in [5.74, 6) is -0.0242. The van der Waals surface area contributed by atoms with Gasteiger partial charge in [-0.15, -0.1) is 0 Å². The molecular weight excluding hydrogens is 1050 g/mol. The monoisotopic (exact) mass is 1210 g/mol. The second-order valence-electron chi connectivity index (χ2n) is 26.7. The van der Waals surface area contributed by atoms with Crippen LogP contribution in [0, 0.1) is 0 Å². The normalized spacial score (nSPS) is 12.7. The maximum absolute atomic E-state index is 12.6. The van der Waals surface area contributed by atoms with Crippen molar-refractivity contribution in [2.75, 3.05) is 13.2 Å². The number of esters is 1. The highest BCUT2D eigenvalue weighted by Crippen LogP contribution is 2.19. The number of unbranched alkanes of at least 4 members (excludes halogenated alkanes) is 54. The van der Waals surface area contributed by atoms with Gasteiger partial charge in [0.2, 0.25) is 5.91 Å². The fourth-order valence-electron chi connectivity index (χ4n) is 12.2. The van der Waals surface area contributed by atoms with E-state index >= 15 is 0 Å². The van der Waals surface area contributed by atoms with Crippen molar-refractivity contribution < 1.29 is 24.5 Å². The van der Waals surface area contributed by atoms with Crippen molar-refractivity contribution in [2.45, 2.75) is 437 Å². The first-order chi connectivity index (χ1) is 42.5. The highest BCUT2D eigenvalue weighted by atomic mass is 16.5. The number of hydrogen-bond donors (Lipinski definition) is 3. The Balaban J connectivity index is 3.39. The highest BCUT2D eigenvalue weighted by molar-refractivity contribution is 5.76. The minimum atomic E-state index is -0.666. The van der Waals surface area contributed by atoms with Crippen LogP contribution in [0.2, 0.25) is 0 Å². The van der Waals surface area contributed by atoms with Gasteiger partial charge in [0.15, 0.2) is 0 Å². The van der Waals surface area contributed by atoms with Crippen molar-refractivity contribution in [1.29, 1.82) is 0 Å². The number of aliphatic hydroxyl groups is 2. The third-order valence-corrected chi connectivity index (χ3v) is 18.1. The number of aliphatic hydroxyl groups excluding tert-OH is 2. The molecule has 2 atom stereocenters. The number of nitrogens with one attached hydrogen (secondary N) is 1. The van der Waals surface area contributed by atoms with E-state index in [0.29, 0.717) is 25.9 Å². The lowest BCUT2D eigenvalue weighted by Crippen LogP contribution is -2.45. The average molecular weight is 1210 g/mol. The van der Waals surface area contributed by atoms with Crippen molar-refractivity contribution in [2.24, 2.45) is 0 Å². The second kappa shape index (κ2) is 75.3. The van der Waals surface area contributed by atoms with Crippen LogP contribution in [0.1, 0.15) is 425 Å². The van der Waals surface area contributed by atoms with E-state index < -0.39 is 12.1 Å². The fourth-order valence-corrected chi connectivity index (χ4v) is 12.2. The summed E-state index contributed by atoms with van der Waals surface area (Å²) in [7, 11) is 0. The van der Waals surface area contributed by atoms with Crippen LogP contribution in [0.25, 0.3) is 0 Å². The molecule has 0 heterocycles. The number of amides is 1. The third kappa shape index (κ3) is 70.9. The smallest absolute Gasteiger partial charge is 0.305 e. The molecule has 0 saturated heterocycles. The van der Waals surface area contributed by atoms with Crippen molar-refractivity contribution in [3.05, 3.63) is 48.6 Å². The van der Waals surface area contributed by atoms with Gasteiger partial charge in [0, 0.05) is 12.8 Å². The van der Waals surface area contributed by atoms with E-state index in [2.05, 4.69) is 67.8 Å². The number of hydrogen-bond acceptors (Lipinski definition) is 5. The summed E-state index contributed by atoms with van der Waals surface area (Å²) < 4.78 is 5.50. The Bertz CT molecular complexity index is 1440. The molecule has 0 saturated carbocycles. The van der Waals surface area contributed by atoms with E-state index in [1.807, 2.05) is 0 Å². The predicted octanol–water partition coefficient (Wildman–Crippen LogP) is 25.6. The molecule has 86 heavy (non-hydrogen) atoms. The van der Waals surface area contributed by atoms with Gasteiger partial charge in [0.1, 0.15) is 0 Å². The number of carbonyl (C=O) groups is 2. The molecule has 0 aromatic rings. The standard InChI is InChI=1S/C80H151NO5/c1-3-5-7-9-11-13-15-17-19-21-22-34-37-41-44-48-52-56-60-64-68-72-78(83)77(76-82)81-79(84)73-69-65-61-57-53-49-45-42-38-35-32-30-28-26-24-23-25-27-29-31-33-36-39-43-47-51-55-59-63-67-71-75-86-80(85)74-70-66-62-58-54-50-46-40-20-18-16-14-12-10-8-6-4-2/h12,14,18,20,25,27,31,33,77-78,82-83H,3-11,13,15-17,19,21-24,26,28-30,32,34-76H2,1-2H3,(H,81,84)/b14-12-,20-18-,27-25-,33-31-. The summed E-state index contributed by atoms with van der Waals surface area (Å²) in [5, 5.41) is 23.4. The molecule has 6 heteroatoms. The molecule has 0 aromatic carbocycles. The van der Waals surface area contributed by atoms with E-state index in [0.717, 1.165) is 57.8 Å². The fraction of sp³-hybridized carbons (Fsp3) is 0.875. The molecule has 0 aliphatic rings. The molecule has 0 aliphatic heterocycles. The molecule has 506 valence electrons. The van der Waals surface area contributed by atoms with Gasteiger partial charge in [-0.1, -0.05) is 371 Å². The lowest BCUT2D eigenvalue weighted by Gasteiger charge is -2.22. The van der Waals surface area contributed by atoms with Crippen LogP contribution in [0.3, 0.4) is 0 Å². The third-order valence-electron chi connectivity index (χ3n) is 18.1. The first-order valence-corrected chi connectivity index (χ1v) is 38.9. The Hall–Kier alpha value is -2.18. The lowest BCUT2D eigenvalue weighted by molar-refractivity contribution is -0.143. The van der Waals surface area contributed by atoms with Gasteiger partial charge in [0.25, 0.3) is 0 Å². The average Bonchev–Trinajstić information content (AvgIpc) is 3.53.